The fraction of sp³-hybridized carbons (Fsp3) is 0.238. The second-order valence-corrected chi connectivity index (χ2v) is 7.03. The van der Waals surface area contributed by atoms with Gasteiger partial charge in [-0.25, -0.2) is 4.98 Å². The predicted octanol–water partition coefficient (Wildman–Crippen LogP) is 2.15. The molecular formula is C21H19N5O3. The number of nitrogens with zero attached hydrogens (tertiary/aromatic N) is 4. The van der Waals surface area contributed by atoms with E-state index in [0.29, 0.717) is 35.3 Å². The molecule has 1 fully saturated rings. The molecule has 0 bridgehead atoms. The van der Waals surface area contributed by atoms with E-state index in [1.807, 2.05) is 0 Å². The minimum atomic E-state index is -0.353. The third-order valence-electron chi connectivity index (χ3n) is 5.04. The zero-order valence-electron chi connectivity index (χ0n) is 15.5. The Morgan fingerprint density at radius 3 is 2.59 bits per heavy atom. The molecule has 1 saturated carbocycles. The Labute approximate surface area is 167 Å². The summed E-state index contributed by atoms with van der Waals surface area (Å²) in [4.78, 5) is 16.6. The monoisotopic (exact) mass is 389 g/mol. The first kappa shape index (κ1) is 18.7. The molecular weight excluding hydrogens is 370 g/mol. The van der Waals surface area contributed by atoms with Crippen LogP contribution in [0.1, 0.15) is 35.2 Å². The van der Waals surface area contributed by atoms with E-state index < -0.39 is 0 Å². The van der Waals surface area contributed by atoms with Crippen LogP contribution < -0.4 is 5.32 Å². The van der Waals surface area contributed by atoms with Gasteiger partial charge < -0.3 is 15.5 Å². The number of aromatic hydroxyl groups is 1. The van der Waals surface area contributed by atoms with Gasteiger partial charge in [0.05, 0.1) is 35.1 Å². The van der Waals surface area contributed by atoms with Crippen LogP contribution in [0.5, 0.6) is 5.88 Å². The lowest BCUT2D eigenvalue weighted by Gasteiger charge is -2.12. The molecule has 3 aromatic rings. The molecule has 2 heterocycles. The van der Waals surface area contributed by atoms with Crippen molar-refractivity contribution in [3.63, 3.8) is 0 Å². The first-order valence-electron chi connectivity index (χ1n) is 9.28. The summed E-state index contributed by atoms with van der Waals surface area (Å²) in [6.45, 7) is 0. The Balaban J connectivity index is 1.51. The van der Waals surface area contributed by atoms with Gasteiger partial charge in [-0.05, 0) is 49.1 Å². The molecule has 2 atom stereocenters. The molecule has 0 saturated heterocycles. The molecule has 29 heavy (non-hydrogen) atoms. The smallest absolute Gasteiger partial charge is 0.253 e. The van der Waals surface area contributed by atoms with Gasteiger partial charge in [-0.2, -0.15) is 15.0 Å². The van der Waals surface area contributed by atoms with E-state index in [0.717, 1.165) is 12.0 Å². The van der Waals surface area contributed by atoms with Crippen molar-refractivity contribution in [1.82, 2.24) is 20.1 Å². The minimum Gasteiger partial charge on any atom is -0.493 e. The first-order chi connectivity index (χ1) is 14.0. The van der Waals surface area contributed by atoms with Crippen LogP contribution in [0.25, 0.3) is 16.9 Å². The molecule has 4 rings (SSSR count). The van der Waals surface area contributed by atoms with E-state index in [4.69, 9.17) is 5.26 Å². The lowest BCUT2D eigenvalue weighted by molar-refractivity contribution is 0.0933. The van der Waals surface area contributed by atoms with Crippen molar-refractivity contribution in [2.24, 2.45) is 0 Å². The summed E-state index contributed by atoms with van der Waals surface area (Å²) in [5.41, 5.74) is 2.16. The molecule has 2 aromatic heterocycles. The predicted molar refractivity (Wildman–Crippen MR) is 104 cm³/mol. The number of hydrogen-bond acceptors (Lipinski definition) is 6. The normalized spacial score (nSPS) is 18.3. The molecule has 0 spiro atoms. The summed E-state index contributed by atoms with van der Waals surface area (Å²) in [7, 11) is 0. The van der Waals surface area contributed by atoms with Gasteiger partial charge in [0.2, 0.25) is 5.88 Å². The highest BCUT2D eigenvalue weighted by Crippen LogP contribution is 2.30. The average molecular weight is 389 g/mol. The van der Waals surface area contributed by atoms with Crippen molar-refractivity contribution in [1.29, 1.82) is 5.26 Å². The average Bonchev–Trinajstić information content (AvgIpc) is 3.33. The number of carbonyl (C=O) groups is 1. The molecule has 3 N–H and O–H groups in total. The molecule has 1 aliphatic carbocycles. The number of amides is 1. The molecule has 146 valence electrons. The Bertz CT molecular complexity index is 1070. The Hall–Kier alpha value is -3.70. The van der Waals surface area contributed by atoms with E-state index in [1.165, 1.54) is 17.1 Å². The van der Waals surface area contributed by atoms with Crippen molar-refractivity contribution in [3.8, 4) is 28.9 Å². The number of nitriles is 1. The number of rotatable bonds is 4. The van der Waals surface area contributed by atoms with Gasteiger partial charge in [0.1, 0.15) is 0 Å². The lowest BCUT2D eigenvalue weighted by atomic mass is 10.1. The summed E-state index contributed by atoms with van der Waals surface area (Å²) in [6.07, 6.45) is 4.62. The highest BCUT2D eigenvalue weighted by atomic mass is 16.3. The van der Waals surface area contributed by atoms with Crippen molar-refractivity contribution in [2.45, 2.75) is 31.4 Å². The van der Waals surface area contributed by atoms with Gasteiger partial charge >= 0.3 is 0 Å². The van der Waals surface area contributed by atoms with Gasteiger partial charge in [0, 0.05) is 12.2 Å². The van der Waals surface area contributed by atoms with Crippen LogP contribution in [0.3, 0.4) is 0 Å². The third kappa shape index (κ3) is 3.81. The summed E-state index contributed by atoms with van der Waals surface area (Å²) < 4.78 is 1.28. The van der Waals surface area contributed by atoms with E-state index in [9.17, 15) is 15.0 Å². The van der Waals surface area contributed by atoms with Gasteiger partial charge in [0.15, 0.2) is 5.82 Å². The van der Waals surface area contributed by atoms with E-state index >= 15 is 0 Å². The maximum Gasteiger partial charge on any atom is 0.253 e. The number of pyridine rings is 1. The van der Waals surface area contributed by atoms with Crippen LogP contribution in [-0.4, -0.2) is 43.0 Å². The van der Waals surface area contributed by atoms with Gasteiger partial charge in [-0.1, -0.05) is 12.1 Å². The number of carbonyl (C=O) groups excluding carboxylic acids is 1. The number of aliphatic hydroxyl groups excluding tert-OH is 1. The topological polar surface area (TPSA) is 124 Å². The summed E-state index contributed by atoms with van der Waals surface area (Å²) in [5.74, 6) is 0.0423. The maximum absolute atomic E-state index is 12.3. The zero-order chi connectivity index (χ0) is 20.4. The van der Waals surface area contributed by atoms with E-state index in [1.54, 1.807) is 36.4 Å². The molecule has 1 aliphatic rings. The Morgan fingerprint density at radius 1 is 1.17 bits per heavy atom. The van der Waals surface area contributed by atoms with Gasteiger partial charge in [-0.3, -0.25) is 4.79 Å². The molecule has 1 aromatic carbocycles. The molecule has 8 nitrogen and oxygen atoms in total. The molecule has 0 unspecified atom stereocenters. The fourth-order valence-electron chi connectivity index (χ4n) is 3.44. The van der Waals surface area contributed by atoms with Crippen molar-refractivity contribution in [2.75, 3.05) is 0 Å². The van der Waals surface area contributed by atoms with E-state index in [-0.39, 0.29) is 23.9 Å². The van der Waals surface area contributed by atoms with Gasteiger partial charge in [0.25, 0.3) is 5.91 Å². The Kier molecular flexibility index (Phi) is 4.97. The van der Waals surface area contributed by atoms with Gasteiger partial charge in [-0.15, -0.1) is 0 Å². The molecule has 8 heteroatoms. The van der Waals surface area contributed by atoms with Crippen molar-refractivity contribution in [3.05, 3.63) is 59.9 Å². The minimum absolute atomic E-state index is 0.0256. The zero-order valence-corrected chi connectivity index (χ0v) is 15.5. The number of benzene rings is 1. The van der Waals surface area contributed by atoms with Crippen LogP contribution in [0, 0.1) is 11.3 Å². The second-order valence-electron chi connectivity index (χ2n) is 7.03. The van der Waals surface area contributed by atoms with Crippen LogP contribution in [0.15, 0.2) is 48.8 Å². The van der Waals surface area contributed by atoms with Crippen LogP contribution in [-0.2, 0) is 0 Å². The second kappa shape index (κ2) is 7.73. The highest BCUT2D eigenvalue weighted by molar-refractivity contribution is 5.94. The van der Waals surface area contributed by atoms with Crippen molar-refractivity contribution < 1.29 is 15.0 Å². The number of hydrogen-bond donors (Lipinski definition) is 3. The SMILES string of the molecule is N#Cc1ccc(-c2cnn(-c3ccc(C(=O)N[C@H]4CC[C@@H](O)C4)cn3)c2O)cc1. The first-order valence-corrected chi connectivity index (χ1v) is 9.28. The Morgan fingerprint density at radius 2 is 1.97 bits per heavy atom. The lowest BCUT2D eigenvalue weighted by Crippen LogP contribution is -2.33. The van der Waals surface area contributed by atoms with Crippen LogP contribution >= 0.6 is 0 Å². The largest absolute Gasteiger partial charge is 0.493 e. The van der Waals surface area contributed by atoms with Crippen LogP contribution in [0.4, 0.5) is 0 Å². The quantitative estimate of drug-likeness (QED) is 0.628. The number of aliphatic hydroxyl groups is 1. The third-order valence-corrected chi connectivity index (χ3v) is 5.04. The maximum atomic E-state index is 12.3. The van der Waals surface area contributed by atoms with Crippen molar-refractivity contribution >= 4 is 5.91 Å². The molecule has 0 aliphatic heterocycles. The summed E-state index contributed by atoms with van der Waals surface area (Å²) in [6, 6.07) is 12.1. The highest BCUT2D eigenvalue weighted by Gasteiger charge is 2.24. The number of aromatic nitrogens is 3. The fourth-order valence-corrected chi connectivity index (χ4v) is 3.44. The van der Waals surface area contributed by atoms with E-state index in [2.05, 4.69) is 21.5 Å². The molecule has 0 radical (unpaired) electrons. The van der Waals surface area contributed by atoms with Crippen LogP contribution in [0.2, 0.25) is 0 Å². The summed E-state index contributed by atoms with van der Waals surface area (Å²) in [5, 5.41) is 36.1. The standard InChI is InChI=1S/C21H19N5O3/c22-10-13-1-3-14(4-2-13)18-12-24-26(21(18)29)19-8-5-15(11-23-19)20(28)25-16-6-7-17(27)9-16/h1-5,8,11-12,16-17,27,29H,6-7,9H2,(H,25,28)/t16-,17+/m0/s1. The summed E-state index contributed by atoms with van der Waals surface area (Å²) >= 11 is 0. The number of nitrogens with one attached hydrogen (secondary N) is 1. The molecule has 1 amide bonds.